The van der Waals surface area contributed by atoms with Crippen LogP contribution in [-0.2, 0) is 20.9 Å². The van der Waals surface area contributed by atoms with E-state index >= 15 is 0 Å². The maximum absolute atomic E-state index is 11.7. The second-order valence-corrected chi connectivity index (χ2v) is 4.69. The molecule has 0 atom stereocenters. The Labute approximate surface area is 122 Å². The van der Waals surface area contributed by atoms with Crippen molar-refractivity contribution in [3.63, 3.8) is 0 Å². The lowest BCUT2D eigenvalue weighted by molar-refractivity contribution is -0.142. The third kappa shape index (κ3) is 7.07. The second kappa shape index (κ2) is 8.01. The molecule has 21 heavy (non-hydrogen) atoms. The first-order valence-electron chi connectivity index (χ1n) is 6.35. The fourth-order valence-electron chi connectivity index (χ4n) is 1.72. The summed E-state index contributed by atoms with van der Waals surface area (Å²) in [7, 11) is 0. The van der Waals surface area contributed by atoms with Crippen LogP contribution < -0.4 is 5.32 Å². The van der Waals surface area contributed by atoms with Crippen LogP contribution in [0.15, 0.2) is 24.3 Å². The van der Waals surface area contributed by atoms with Crippen molar-refractivity contribution in [2.24, 2.45) is 0 Å². The van der Waals surface area contributed by atoms with Crippen LogP contribution in [0.1, 0.15) is 11.1 Å². The molecule has 0 aliphatic carbocycles. The highest BCUT2D eigenvalue weighted by Crippen LogP contribution is 2.02. The Hall–Kier alpha value is -2.41. The van der Waals surface area contributed by atoms with Gasteiger partial charge in [0.25, 0.3) is 0 Å². The number of amides is 1. The summed E-state index contributed by atoms with van der Waals surface area (Å²) < 4.78 is 0. The second-order valence-electron chi connectivity index (χ2n) is 4.69. The summed E-state index contributed by atoms with van der Waals surface area (Å²) >= 11 is 0. The van der Waals surface area contributed by atoms with Gasteiger partial charge < -0.3 is 15.5 Å². The predicted octanol–water partition coefficient (Wildman–Crippen LogP) is 0.0824. The number of carboxylic acids is 2. The van der Waals surface area contributed by atoms with Crippen molar-refractivity contribution >= 4 is 17.8 Å². The number of rotatable bonds is 8. The molecule has 1 rings (SSSR count). The topological polar surface area (TPSA) is 107 Å². The van der Waals surface area contributed by atoms with E-state index in [4.69, 9.17) is 10.2 Å². The largest absolute Gasteiger partial charge is 0.480 e. The number of benzene rings is 1. The molecule has 0 bridgehead atoms. The SMILES string of the molecule is Cc1ccc(CNC(=O)CN(CC(=O)O)CC(=O)O)cc1. The van der Waals surface area contributed by atoms with Crippen LogP contribution in [0.4, 0.5) is 0 Å². The number of nitrogens with zero attached hydrogens (tertiary/aromatic N) is 1. The molecule has 0 unspecified atom stereocenters. The number of carbonyl (C=O) groups excluding carboxylic acids is 1. The molecule has 0 heterocycles. The van der Waals surface area contributed by atoms with Gasteiger partial charge in [-0.05, 0) is 12.5 Å². The molecule has 0 radical (unpaired) electrons. The van der Waals surface area contributed by atoms with Gasteiger partial charge in [-0.15, -0.1) is 0 Å². The monoisotopic (exact) mass is 294 g/mol. The van der Waals surface area contributed by atoms with Crippen LogP contribution in [0.2, 0.25) is 0 Å². The molecule has 0 saturated heterocycles. The zero-order chi connectivity index (χ0) is 15.8. The summed E-state index contributed by atoms with van der Waals surface area (Å²) in [5, 5.41) is 20.0. The molecule has 1 aromatic carbocycles. The molecule has 0 spiro atoms. The van der Waals surface area contributed by atoms with Crippen LogP contribution in [0.25, 0.3) is 0 Å². The van der Waals surface area contributed by atoms with Gasteiger partial charge in [0.05, 0.1) is 19.6 Å². The minimum Gasteiger partial charge on any atom is -0.480 e. The number of nitrogens with one attached hydrogen (secondary N) is 1. The van der Waals surface area contributed by atoms with Gasteiger partial charge >= 0.3 is 11.9 Å². The minimum atomic E-state index is -1.18. The summed E-state index contributed by atoms with van der Waals surface area (Å²) in [6.07, 6.45) is 0. The molecular weight excluding hydrogens is 276 g/mol. The van der Waals surface area contributed by atoms with Crippen LogP contribution in [0.3, 0.4) is 0 Å². The third-order valence-electron chi connectivity index (χ3n) is 2.70. The Morgan fingerprint density at radius 3 is 2.00 bits per heavy atom. The lowest BCUT2D eigenvalue weighted by Crippen LogP contribution is -2.42. The molecule has 3 N–H and O–H groups in total. The first-order valence-corrected chi connectivity index (χ1v) is 6.35. The average molecular weight is 294 g/mol. The number of aryl methyl sites for hydroxylation is 1. The first kappa shape index (κ1) is 16.6. The molecule has 0 saturated carbocycles. The Morgan fingerprint density at radius 2 is 1.52 bits per heavy atom. The van der Waals surface area contributed by atoms with Gasteiger partial charge in [-0.2, -0.15) is 0 Å². The zero-order valence-electron chi connectivity index (χ0n) is 11.7. The Bertz CT molecular complexity index is 497. The van der Waals surface area contributed by atoms with Gasteiger partial charge in [-0.3, -0.25) is 19.3 Å². The summed E-state index contributed by atoms with van der Waals surface area (Å²) in [5.41, 5.74) is 2.02. The van der Waals surface area contributed by atoms with Crippen molar-refractivity contribution < 1.29 is 24.6 Å². The molecule has 1 amide bonds. The van der Waals surface area contributed by atoms with Gasteiger partial charge in [0.15, 0.2) is 0 Å². The van der Waals surface area contributed by atoms with E-state index in [0.717, 1.165) is 16.0 Å². The third-order valence-corrected chi connectivity index (χ3v) is 2.70. The van der Waals surface area contributed by atoms with E-state index in [-0.39, 0.29) is 6.54 Å². The molecule has 0 aliphatic rings. The maximum Gasteiger partial charge on any atom is 0.317 e. The predicted molar refractivity (Wildman–Crippen MR) is 74.7 cm³/mol. The fraction of sp³-hybridized carbons (Fsp3) is 0.357. The number of aliphatic carboxylic acids is 2. The quantitative estimate of drug-likeness (QED) is 0.627. The van der Waals surface area contributed by atoms with Crippen molar-refractivity contribution in [2.75, 3.05) is 19.6 Å². The normalized spacial score (nSPS) is 10.4. The molecule has 1 aromatic rings. The highest BCUT2D eigenvalue weighted by atomic mass is 16.4. The Kier molecular flexibility index (Phi) is 6.35. The van der Waals surface area contributed by atoms with Crippen LogP contribution in [-0.4, -0.2) is 52.6 Å². The highest BCUT2D eigenvalue weighted by Gasteiger charge is 2.16. The van der Waals surface area contributed by atoms with E-state index < -0.39 is 30.9 Å². The average Bonchev–Trinajstić information content (AvgIpc) is 2.36. The van der Waals surface area contributed by atoms with Gasteiger partial charge in [-0.25, -0.2) is 0 Å². The number of hydrogen-bond acceptors (Lipinski definition) is 4. The van der Waals surface area contributed by atoms with E-state index in [0.29, 0.717) is 6.54 Å². The van der Waals surface area contributed by atoms with E-state index in [2.05, 4.69) is 5.32 Å². The van der Waals surface area contributed by atoms with Crippen LogP contribution in [0.5, 0.6) is 0 Å². The summed E-state index contributed by atoms with van der Waals surface area (Å²) in [6, 6.07) is 7.59. The first-order chi connectivity index (χ1) is 9.86. The number of carboxylic acid groups (broad SMARTS) is 2. The molecule has 0 aliphatic heterocycles. The minimum absolute atomic E-state index is 0.273. The van der Waals surface area contributed by atoms with Crippen molar-refractivity contribution in [1.29, 1.82) is 0 Å². The number of carbonyl (C=O) groups is 3. The van der Waals surface area contributed by atoms with E-state index in [1.807, 2.05) is 31.2 Å². The Morgan fingerprint density at radius 1 is 1.00 bits per heavy atom. The molecule has 0 fully saturated rings. The van der Waals surface area contributed by atoms with Crippen molar-refractivity contribution in [3.05, 3.63) is 35.4 Å². The number of hydrogen-bond donors (Lipinski definition) is 3. The smallest absolute Gasteiger partial charge is 0.317 e. The summed E-state index contributed by atoms with van der Waals surface area (Å²) in [6.45, 7) is 1.00. The van der Waals surface area contributed by atoms with E-state index in [1.165, 1.54) is 0 Å². The Balaban J connectivity index is 2.47. The van der Waals surface area contributed by atoms with Crippen LogP contribution >= 0.6 is 0 Å². The van der Waals surface area contributed by atoms with Gasteiger partial charge in [-0.1, -0.05) is 29.8 Å². The summed E-state index contributed by atoms with van der Waals surface area (Å²) in [5.74, 6) is -2.77. The molecular formula is C14H18N2O5. The highest BCUT2D eigenvalue weighted by molar-refractivity contribution is 5.80. The summed E-state index contributed by atoms with van der Waals surface area (Å²) in [4.78, 5) is 34.0. The fourth-order valence-corrected chi connectivity index (χ4v) is 1.72. The van der Waals surface area contributed by atoms with Gasteiger partial charge in [0, 0.05) is 6.54 Å². The zero-order valence-corrected chi connectivity index (χ0v) is 11.7. The molecule has 7 nitrogen and oxygen atoms in total. The lowest BCUT2D eigenvalue weighted by atomic mass is 10.1. The van der Waals surface area contributed by atoms with Crippen LogP contribution in [0, 0.1) is 6.92 Å². The van der Waals surface area contributed by atoms with Gasteiger partial charge in [0.2, 0.25) is 5.91 Å². The van der Waals surface area contributed by atoms with Crippen molar-refractivity contribution in [1.82, 2.24) is 10.2 Å². The van der Waals surface area contributed by atoms with Crippen molar-refractivity contribution in [2.45, 2.75) is 13.5 Å². The van der Waals surface area contributed by atoms with Gasteiger partial charge in [0.1, 0.15) is 0 Å². The molecule has 114 valence electrons. The standard InChI is InChI=1S/C14H18N2O5/c1-10-2-4-11(5-3-10)6-15-12(17)7-16(8-13(18)19)9-14(20)21/h2-5H,6-9H2,1H3,(H,15,17)(H,18,19)(H,20,21). The molecule has 0 aromatic heterocycles. The van der Waals surface area contributed by atoms with Crippen molar-refractivity contribution in [3.8, 4) is 0 Å². The van der Waals surface area contributed by atoms with E-state index in [1.54, 1.807) is 0 Å². The lowest BCUT2D eigenvalue weighted by Gasteiger charge is -2.17. The maximum atomic E-state index is 11.7. The van der Waals surface area contributed by atoms with E-state index in [9.17, 15) is 14.4 Å². The molecule has 7 heteroatoms.